The van der Waals surface area contributed by atoms with Crippen molar-refractivity contribution >= 4 is 29.4 Å². The standard InChI is InChI=1S/C45H54F6N8O6/c1-27(60)43(46,47)45(50,51)44(48,49)40-56-37(57-58-40)30-15-18-34(19-16-30)54-39(62)35(55-38(61)31-13-11-28(12-14-31)25-53-41(63)65-42(2,3)4)24-29-9-7-10-32(23-29)33-17-20-36(52-26-33)64-22-8-21-59(5)6/h7,9-10,15-20,23,26,28,31,35H,8,11-14,21-22,24-25H2,1-6H3,(H,53,63)(H,54,62)(H,55,61)(H,56,57,58). The van der Waals surface area contributed by atoms with Gasteiger partial charge in [0.25, 0.3) is 0 Å². The zero-order valence-corrected chi connectivity index (χ0v) is 37.0. The summed E-state index contributed by atoms with van der Waals surface area (Å²) in [7, 11) is 3.97. The molecule has 5 rings (SSSR count). The van der Waals surface area contributed by atoms with Crippen molar-refractivity contribution in [2.75, 3.05) is 39.1 Å². The molecule has 14 nitrogen and oxygen atoms in total. The number of nitrogens with zero attached hydrogens (tertiary/aromatic N) is 4. The number of ketones is 1. The highest BCUT2D eigenvalue weighted by atomic mass is 19.3. The first-order chi connectivity index (χ1) is 30.5. The summed E-state index contributed by atoms with van der Waals surface area (Å²) in [5.41, 5.74) is 1.84. The number of pyridine rings is 1. The van der Waals surface area contributed by atoms with Crippen molar-refractivity contribution in [2.45, 2.75) is 95.6 Å². The van der Waals surface area contributed by atoms with Gasteiger partial charge in [0.15, 0.2) is 5.82 Å². The number of rotatable bonds is 19. The molecule has 2 aromatic heterocycles. The van der Waals surface area contributed by atoms with E-state index >= 15 is 0 Å². The van der Waals surface area contributed by atoms with Gasteiger partial charge in [-0.1, -0.05) is 24.3 Å². The fourth-order valence-electron chi connectivity index (χ4n) is 7.01. The van der Waals surface area contributed by atoms with Gasteiger partial charge in [-0.2, -0.15) is 31.4 Å². The van der Waals surface area contributed by atoms with E-state index in [9.17, 15) is 45.5 Å². The topological polar surface area (TPSA) is 181 Å². The van der Waals surface area contributed by atoms with Crippen LogP contribution in [0.25, 0.3) is 22.5 Å². The number of H-pyrrole nitrogens is 1. The number of Topliss-reactive ketones (excluding diaryl/α,β-unsaturated/α-hetero) is 1. The van der Waals surface area contributed by atoms with Crippen LogP contribution in [0.1, 0.15) is 71.2 Å². The normalized spacial score (nSPS) is 16.4. The molecular weight excluding hydrogens is 863 g/mol. The third-order valence-electron chi connectivity index (χ3n) is 10.6. The molecule has 0 bridgehead atoms. The molecule has 0 spiro atoms. The van der Waals surface area contributed by atoms with Crippen molar-refractivity contribution in [1.29, 1.82) is 0 Å². The predicted molar refractivity (Wildman–Crippen MR) is 229 cm³/mol. The van der Waals surface area contributed by atoms with Gasteiger partial charge in [-0.3, -0.25) is 19.5 Å². The second kappa shape index (κ2) is 20.8. The van der Waals surface area contributed by atoms with Crippen LogP contribution in [-0.4, -0.2) is 106 Å². The zero-order valence-electron chi connectivity index (χ0n) is 37.0. The summed E-state index contributed by atoms with van der Waals surface area (Å²) in [5, 5.41) is 13.5. The average Bonchev–Trinajstić information content (AvgIpc) is 3.76. The third kappa shape index (κ3) is 13.0. The van der Waals surface area contributed by atoms with Crippen molar-refractivity contribution in [3.05, 3.63) is 78.2 Å². The molecule has 2 aromatic carbocycles. The molecule has 3 amide bonds. The highest BCUT2D eigenvalue weighted by molar-refractivity contribution is 5.98. The number of anilines is 1. The Balaban J connectivity index is 1.29. The third-order valence-corrected chi connectivity index (χ3v) is 10.6. The second-order valence-electron chi connectivity index (χ2n) is 17.3. The number of hydrogen-bond donors (Lipinski definition) is 4. The van der Waals surface area contributed by atoms with E-state index in [0.29, 0.717) is 50.3 Å². The highest BCUT2D eigenvalue weighted by Gasteiger charge is 2.75. The number of carbonyl (C=O) groups is 4. The molecule has 1 unspecified atom stereocenters. The van der Waals surface area contributed by atoms with Crippen LogP contribution < -0.4 is 20.7 Å². The lowest BCUT2D eigenvalue weighted by atomic mass is 9.81. The highest BCUT2D eigenvalue weighted by Crippen LogP contribution is 2.50. The molecule has 0 radical (unpaired) electrons. The molecule has 4 aromatic rings. The van der Waals surface area contributed by atoms with Gasteiger partial charge in [-0.05, 0) is 114 Å². The number of alkyl carbamates (subject to hydrolysis) is 1. The van der Waals surface area contributed by atoms with E-state index < -0.39 is 64.8 Å². The summed E-state index contributed by atoms with van der Waals surface area (Å²) in [4.78, 5) is 60.9. The molecule has 1 saturated carbocycles. The predicted octanol–water partition coefficient (Wildman–Crippen LogP) is 7.81. The number of alkyl halides is 6. The Labute approximate surface area is 372 Å². The Hall–Kier alpha value is -6.05. The first-order valence-corrected chi connectivity index (χ1v) is 21.1. The lowest BCUT2D eigenvalue weighted by Gasteiger charge is -2.29. The molecule has 65 heavy (non-hydrogen) atoms. The summed E-state index contributed by atoms with van der Waals surface area (Å²) < 4.78 is 96.7. The number of benzene rings is 2. The second-order valence-corrected chi connectivity index (χ2v) is 17.3. The molecule has 352 valence electrons. The monoisotopic (exact) mass is 916 g/mol. The van der Waals surface area contributed by atoms with Gasteiger partial charge in [-0.15, -0.1) is 0 Å². The first-order valence-electron chi connectivity index (χ1n) is 21.1. The molecule has 0 saturated heterocycles. The van der Waals surface area contributed by atoms with Crippen LogP contribution in [-0.2, 0) is 31.5 Å². The summed E-state index contributed by atoms with van der Waals surface area (Å²) in [6, 6.07) is 15.2. The average molecular weight is 917 g/mol. The lowest BCUT2D eigenvalue weighted by Crippen LogP contribution is -2.56. The number of aromatic amines is 1. The summed E-state index contributed by atoms with van der Waals surface area (Å²) >= 11 is 0. The van der Waals surface area contributed by atoms with Gasteiger partial charge in [0.2, 0.25) is 29.3 Å². The first kappa shape index (κ1) is 50.0. The van der Waals surface area contributed by atoms with Crippen molar-refractivity contribution in [2.24, 2.45) is 11.8 Å². The quantitative estimate of drug-likeness (QED) is 0.0535. The number of aromatic nitrogens is 4. The Bertz CT molecular complexity index is 2260. The molecule has 1 aliphatic carbocycles. The van der Waals surface area contributed by atoms with Crippen LogP contribution >= 0.6 is 0 Å². The van der Waals surface area contributed by atoms with Gasteiger partial charge < -0.3 is 30.3 Å². The molecule has 1 fully saturated rings. The van der Waals surface area contributed by atoms with E-state index in [4.69, 9.17) is 9.47 Å². The van der Waals surface area contributed by atoms with Crippen molar-refractivity contribution in [3.8, 4) is 28.4 Å². The van der Waals surface area contributed by atoms with Crippen LogP contribution in [0.5, 0.6) is 5.88 Å². The van der Waals surface area contributed by atoms with E-state index in [0.717, 1.165) is 24.1 Å². The van der Waals surface area contributed by atoms with Gasteiger partial charge in [0, 0.05) is 61.4 Å². The number of hydrogen-bond acceptors (Lipinski definition) is 10. The van der Waals surface area contributed by atoms with Crippen LogP contribution in [0.2, 0.25) is 0 Å². The molecular formula is C45H54F6N8O6. The van der Waals surface area contributed by atoms with Gasteiger partial charge in [0.1, 0.15) is 11.6 Å². The molecule has 1 aliphatic rings. The van der Waals surface area contributed by atoms with E-state index in [2.05, 4.69) is 35.9 Å². The SMILES string of the molecule is CC(=O)C(F)(F)C(F)(F)C(F)(F)c1nc(-c2ccc(NC(=O)C(Cc3cccc(-c4ccc(OCCCN(C)C)nc4)c3)NC(=O)C3CCC(CNC(=O)OC(C)(C)C)CC3)cc2)n[nH]1. The van der Waals surface area contributed by atoms with E-state index in [-0.39, 0.29) is 36.4 Å². The van der Waals surface area contributed by atoms with Crippen LogP contribution in [0.3, 0.4) is 0 Å². The van der Waals surface area contributed by atoms with Crippen LogP contribution in [0.15, 0.2) is 66.9 Å². The number of carbonyl (C=O) groups excluding carboxylic acids is 4. The maximum Gasteiger partial charge on any atom is 0.407 e. The number of halogens is 6. The maximum atomic E-state index is 14.7. The van der Waals surface area contributed by atoms with E-state index in [1.54, 1.807) is 38.1 Å². The fourth-order valence-corrected chi connectivity index (χ4v) is 7.01. The minimum atomic E-state index is -6.13. The Morgan fingerprint density at radius 3 is 2.18 bits per heavy atom. The molecule has 4 N–H and O–H groups in total. The minimum absolute atomic E-state index is 0.0140. The minimum Gasteiger partial charge on any atom is -0.478 e. The number of amides is 3. The van der Waals surface area contributed by atoms with Gasteiger partial charge >= 0.3 is 23.9 Å². The Morgan fingerprint density at radius 1 is 0.892 bits per heavy atom. The number of ether oxygens (including phenoxy) is 2. The van der Waals surface area contributed by atoms with Crippen LogP contribution in [0, 0.1) is 11.8 Å². The summed E-state index contributed by atoms with van der Waals surface area (Å²) in [6.45, 7) is 7.16. The smallest absolute Gasteiger partial charge is 0.407 e. The Kier molecular flexibility index (Phi) is 16.0. The largest absolute Gasteiger partial charge is 0.478 e. The van der Waals surface area contributed by atoms with E-state index in [1.807, 2.05) is 44.4 Å². The number of nitrogens with one attached hydrogen (secondary N) is 4. The molecule has 20 heteroatoms. The summed E-state index contributed by atoms with van der Waals surface area (Å²) in [6.07, 6.45) is 4.42. The lowest BCUT2D eigenvalue weighted by molar-refractivity contribution is -0.304. The molecule has 2 heterocycles. The van der Waals surface area contributed by atoms with Crippen LogP contribution in [0.4, 0.5) is 36.8 Å². The fraction of sp³-hybridized carbons (Fsp3) is 0.489. The van der Waals surface area contributed by atoms with Gasteiger partial charge in [0.05, 0.1) is 6.61 Å². The zero-order chi connectivity index (χ0) is 47.7. The van der Waals surface area contributed by atoms with Crippen molar-refractivity contribution in [3.63, 3.8) is 0 Å². The van der Waals surface area contributed by atoms with Crippen molar-refractivity contribution in [1.82, 2.24) is 35.7 Å². The van der Waals surface area contributed by atoms with Gasteiger partial charge in [-0.25, -0.2) is 14.8 Å². The Morgan fingerprint density at radius 2 is 1.57 bits per heavy atom. The van der Waals surface area contributed by atoms with E-state index in [1.165, 1.54) is 24.3 Å². The molecule has 0 aliphatic heterocycles. The maximum absolute atomic E-state index is 14.7. The summed E-state index contributed by atoms with van der Waals surface area (Å²) in [5.74, 6) is -23.1. The van der Waals surface area contributed by atoms with Crippen molar-refractivity contribution < 1.29 is 55.0 Å². The molecule has 1 atom stereocenters.